The van der Waals surface area contributed by atoms with Gasteiger partial charge in [0.15, 0.2) is 0 Å². The molecule has 2 N–H and O–H groups in total. The van der Waals surface area contributed by atoms with Crippen LogP contribution in [0.5, 0.6) is 0 Å². The largest absolute Gasteiger partial charge is 0.355 e. The topological polar surface area (TPSA) is 58.2 Å². The Hall–Kier alpha value is -2.14. The molecular formula is C18H22N2O2S. The van der Waals surface area contributed by atoms with Crippen molar-refractivity contribution in [2.75, 3.05) is 6.54 Å². The van der Waals surface area contributed by atoms with Gasteiger partial charge in [0.25, 0.3) is 0 Å². The highest BCUT2D eigenvalue weighted by atomic mass is 32.1. The third-order valence-electron chi connectivity index (χ3n) is 3.63. The summed E-state index contributed by atoms with van der Waals surface area (Å²) in [5.74, 6) is 0.0647. The molecule has 0 radical (unpaired) electrons. The van der Waals surface area contributed by atoms with E-state index in [-0.39, 0.29) is 30.2 Å². The summed E-state index contributed by atoms with van der Waals surface area (Å²) in [6.07, 6.45) is 0.252. The Labute approximate surface area is 140 Å². The van der Waals surface area contributed by atoms with E-state index in [0.717, 1.165) is 4.88 Å². The molecule has 5 heteroatoms. The maximum atomic E-state index is 12.2. The molecule has 122 valence electrons. The Kier molecular flexibility index (Phi) is 6.35. The Balaban J connectivity index is 1.88. The molecule has 0 aliphatic carbocycles. The maximum Gasteiger partial charge on any atom is 0.222 e. The number of hydrogen-bond donors (Lipinski definition) is 2. The van der Waals surface area contributed by atoms with Crippen LogP contribution in [0.25, 0.3) is 0 Å². The summed E-state index contributed by atoms with van der Waals surface area (Å²) in [7, 11) is 0. The molecular weight excluding hydrogens is 308 g/mol. The van der Waals surface area contributed by atoms with E-state index in [4.69, 9.17) is 0 Å². The molecule has 2 amide bonds. The molecule has 0 saturated heterocycles. The standard InChI is InChI=1S/C18H22N2O2S/c1-13(15-7-4-3-5-8-15)12-19-18(22)11-16(20-14(2)21)17-9-6-10-23-17/h3-10,13,16H,11-12H2,1-2H3,(H,19,22)(H,20,21)/t13-,16+/m1/s1. The zero-order valence-electron chi connectivity index (χ0n) is 13.4. The van der Waals surface area contributed by atoms with Crippen LogP contribution in [0, 0.1) is 0 Å². The molecule has 2 rings (SSSR count). The molecule has 0 saturated carbocycles. The van der Waals surface area contributed by atoms with E-state index in [2.05, 4.69) is 29.7 Å². The van der Waals surface area contributed by atoms with Crippen LogP contribution < -0.4 is 10.6 Å². The predicted octanol–water partition coefficient (Wildman–Crippen LogP) is 3.24. The highest BCUT2D eigenvalue weighted by molar-refractivity contribution is 7.10. The zero-order chi connectivity index (χ0) is 16.7. The van der Waals surface area contributed by atoms with Crippen LogP contribution in [-0.4, -0.2) is 18.4 Å². The molecule has 1 heterocycles. The third-order valence-corrected chi connectivity index (χ3v) is 4.61. The number of benzene rings is 1. The van der Waals surface area contributed by atoms with Gasteiger partial charge in [-0.3, -0.25) is 9.59 Å². The molecule has 2 atom stereocenters. The summed E-state index contributed by atoms with van der Waals surface area (Å²) in [5.41, 5.74) is 1.20. The summed E-state index contributed by atoms with van der Waals surface area (Å²) in [6.45, 7) is 4.14. The number of hydrogen-bond acceptors (Lipinski definition) is 3. The molecule has 23 heavy (non-hydrogen) atoms. The summed E-state index contributed by atoms with van der Waals surface area (Å²) >= 11 is 1.54. The summed E-state index contributed by atoms with van der Waals surface area (Å²) in [5, 5.41) is 7.75. The van der Waals surface area contributed by atoms with Gasteiger partial charge in [-0.15, -0.1) is 11.3 Å². The zero-order valence-corrected chi connectivity index (χ0v) is 14.2. The van der Waals surface area contributed by atoms with Crippen LogP contribution in [-0.2, 0) is 9.59 Å². The van der Waals surface area contributed by atoms with Gasteiger partial charge in [0.2, 0.25) is 11.8 Å². The Morgan fingerprint density at radius 1 is 1.13 bits per heavy atom. The van der Waals surface area contributed by atoms with Crippen molar-refractivity contribution in [3.05, 3.63) is 58.3 Å². The Morgan fingerprint density at radius 3 is 2.48 bits per heavy atom. The predicted molar refractivity (Wildman–Crippen MR) is 93.4 cm³/mol. The monoisotopic (exact) mass is 330 g/mol. The van der Waals surface area contributed by atoms with E-state index in [0.29, 0.717) is 6.54 Å². The highest BCUT2D eigenvalue weighted by Crippen LogP contribution is 2.22. The van der Waals surface area contributed by atoms with Crippen molar-refractivity contribution >= 4 is 23.2 Å². The smallest absolute Gasteiger partial charge is 0.222 e. The van der Waals surface area contributed by atoms with Crippen molar-refractivity contribution in [1.82, 2.24) is 10.6 Å². The average molecular weight is 330 g/mol. The first-order valence-electron chi connectivity index (χ1n) is 7.68. The lowest BCUT2D eigenvalue weighted by Crippen LogP contribution is -2.33. The molecule has 2 aromatic rings. The van der Waals surface area contributed by atoms with Crippen molar-refractivity contribution in [2.45, 2.75) is 32.2 Å². The van der Waals surface area contributed by atoms with Crippen LogP contribution in [0.1, 0.15) is 42.7 Å². The minimum Gasteiger partial charge on any atom is -0.355 e. The first kappa shape index (κ1) is 17.2. The summed E-state index contributed by atoms with van der Waals surface area (Å²) in [6, 6.07) is 13.7. The third kappa shape index (κ3) is 5.53. The van der Waals surface area contributed by atoms with Gasteiger partial charge in [0.1, 0.15) is 0 Å². The van der Waals surface area contributed by atoms with Gasteiger partial charge in [-0.2, -0.15) is 0 Å². The molecule has 0 unspecified atom stereocenters. The van der Waals surface area contributed by atoms with Crippen molar-refractivity contribution in [3.63, 3.8) is 0 Å². The van der Waals surface area contributed by atoms with Crippen LogP contribution >= 0.6 is 11.3 Å². The van der Waals surface area contributed by atoms with E-state index in [1.807, 2.05) is 35.7 Å². The second kappa shape index (κ2) is 8.48. The van der Waals surface area contributed by atoms with Crippen molar-refractivity contribution in [3.8, 4) is 0 Å². The van der Waals surface area contributed by atoms with Gasteiger partial charge in [-0.1, -0.05) is 43.3 Å². The first-order valence-corrected chi connectivity index (χ1v) is 8.56. The van der Waals surface area contributed by atoms with Crippen LogP contribution in [0.15, 0.2) is 47.8 Å². The van der Waals surface area contributed by atoms with E-state index in [1.54, 1.807) is 11.3 Å². The lowest BCUT2D eigenvalue weighted by Gasteiger charge is -2.18. The Bertz CT molecular complexity index is 626. The summed E-state index contributed by atoms with van der Waals surface area (Å²) in [4.78, 5) is 24.5. The molecule has 0 aliphatic rings. The molecule has 4 nitrogen and oxygen atoms in total. The normalized spacial score (nSPS) is 13.1. The number of thiophene rings is 1. The van der Waals surface area contributed by atoms with Gasteiger partial charge >= 0.3 is 0 Å². The van der Waals surface area contributed by atoms with E-state index >= 15 is 0 Å². The summed E-state index contributed by atoms with van der Waals surface area (Å²) < 4.78 is 0. The highest BCUT2D eigenvalue weighted by Gasteiger charge is 2.18. The van der Waals surface area contributed by atoms with Gasteiger partial charge in [0, 0.05) is 18.3 Å². The van der Waals surface area contributed by atoms with Crippen molar-refractivity contribution in [1.29, 1.82) is 0 Å². The van der Waals surface area contributed by atoms with E-state index in [1.165, 1.54) is 12.5 Å². The fourth-order valence-corrected chi connectivity index (χ4v) is 3.16. The molecule has 0 aliphatic heterocycles. The van der Waals surface area contributed by atoms with Gasteiger partial charge in [-0.05, 0) is 22.9 Å². The fourth-order valence-electron chi connectivity index (χ4n) is 2.38. The van der Waals surface area contributed by atoms with Crippen molar-refractivity contribution < 1.29 is 9.59 Å². The molecule has 1 aromatic heterocycles. The maximum absolute atomic E-state index is 12.2. The molecule has 0 fully saturated rings. The fraction of sp³-hybridized carbons (Fsp3) is 0.333. The second-order valence-electron chi connectivity index (χ2n) is 5.59. The minimum atomic E-state index is -0.264. The van der Waals surface area contributed by atoms with Gasteiger partial charge in [0.05, 0.1) is 12.5 Å². The van der Waals surface area contributed by atoms with Gasteiger partial charge in [-0.25, -0.2) is 0 Å². The number of rotatable bonds is 7. The lowest BCUT2D eigenvalue weighted by molar-refractivity contribution is -0.122. The van der Waals surface area contributed by atoms with Gasteiger partial charge < -0.3 is 10.6 Å². The quantitative estimate of drug-likeness (QED) is 0.819. The van der Waals surface area contributed by atoms with Crippen molar-refractivity contribution in [2.24, 2.45) is 0 Å². The van der Waals surface area contributed by atoms with Crippen LogP contribution in [0.4, 0.5) is 0 Å². The van der Waals surface area contributed by atoms with E-state index < -0.39 is 0 Å². The van der Waals surface area contributed by atoms with Crippen LogP contribution in [0.3, 0.4) is 0 Å². The molecule has 1 aromatic carbocycles. The number of carbonyl (C=O) groups is 2. The first-order chi connectivity index (χ1) is 11.1. The van der Waals surface area contributed by atoms with Crippen LogP contribution in [0.2, 0.25) is 0 Å². The second-order valence-corrected chi connectivity index (χ2v) is 6.57. The molecule has 0 bridgehead atoms. The Morgan fingerprint density at radius 2 is 1.87 bits per heavy atom. The number of carbonyl (C=O) groups excluding carboxylic acids is 2. The SMILES string of the molecule is CC(=O)N[C@@H](CC(=O)NC[C@@H](C)c1ccccc1)c1cccs1. The minimum absolute atomic E-state index is 0.0556. The molecule has 0 spiro atoms. The number of amides is 2. The van der Waals surface area contributed by atoms with E-state index in [9.17, 15) is 9.59 Å². The lowest BCUT2D eigenvalue weighted by atomic mass is 10.0. The average Bonchev–Trinajstić information content (AvgIpc) is 3.07. The number of nitrogens with one attached hydrogen (secondary N) is 2.